The van der Waals surface area contributed by atoms with Gasteiger partial charge in [0.2, 0.25) is 5.91 Å². The number of aliphatic hydroxyl groups is 2. The molecule has 0 spiro atoms. The Morgan fingerprint density at radius 1 is 0.973 bits per heavy atom. The number of anilines is 1. The van der Waals surface area contributed by atoms with Crippen molar-refractivity contribution in [3.63, 3.8) is 0 Å². The lowest BCUT2D eigenvalue weighted by atomic mass is 9.81. The average molecular weight is 494 g/mol. The summed E-state index contributed by atoms with van der Waals surface area (Å²) in [6.45, 7) is 9.69. The minimum atomic E-state index is -0.724. The van der Waals surface area contributed by atoms with Crippen molar-refractivity contribution >= 4 is 11.6 Å². The summed E-state index contributed by atoms with van der Waals surface area (Å²) in [7, 11) is 0. The van der Waals surface area contributed by atoms with Crippen molar-refractivity contribution in [3.8, 4) is 0 Å². The molecule has 0 radical (unpaired) electrons. The molecule has 37 heavy (non-hydrogen) atoms. The number of hydrogen-bond donors (Lipinski definition) is 2. The minimum absolute atomic E-state index is 0.0636. The number of rotatable bonds is 9. The van der Waals surface area contributed by atoms with Gasteiger partial charge in [-0.3, -0.25) is 9.69 Å². The van der Waals surface area contributed by atoms with E-state index in [0.717, 1.165) is 34.4 Å². The van der Waals surface area contributed by atoms with Crippen LogP contribution in [0.3, 0.4) is 0 Å². The lowest BCUT2D eigenvalue weighted by Crippen LogP contribution is -2.34. The van der Waals surface area contributed by atoms with Gasteiger partial charge in [-0.1, -0.05) is 118 Å². The predicted molar refractivity (Wildman–Crippen MR) is 150 cm³/mol. The SMILES string of the molecule is C=C(O)/C(=C\C(=C/CC)C(C)(C)CO)C1C(=O)N(C(c2ccccc2)c2ccccc2)c2ccccc21. The first-order chi connectivity index (χ1) is 17.8. The van der Waals surface area contributed by atoms with Crippen LogP contribution >= 0.6 is 0 Å². The molecule has 1 aliphatic rings. The van der Waals surface area contributed by atoms with Crippen molar-refractivity contribution < 1.29 is 15.0 Å². The van der Waals surface area contributed by atoms with E-state index in [1.165, 1.54) is 0 Å². The Hall–Kier alpha value is -3.89. The van der Waals surface area contributed by atoms with Gasteiger partial charge in [-0.05, 0) is 34.8 Å². The number of amides is 1. The maximum Gasteiger partial charge on any atom is 0.240 e. The molecule has 4 nitrogen and oxygen atoms in total. The first-order valence-electron chi connectivity index (χ1n) is 12.7. The van der Waals surface area contributed by atoms with E-state index in [2.05, 4.69) is 6.58 Å². The van der Waals surface area contributed by atoms with Crippen LogP contribution in [-0.4, -0.2) is 22.7 Å². The second-order valence-electron chi connectivity index (χ2n) is 10.1. The summed E-state index contributed by atoms with van der Waals surface area (Å²) < 4.78 is 0. The Bertz CT molecular complexity index is 1280. The van der Waals surface area contributed by atoms with Crippen LogP contribution in [-0.2, 0) is 4.79 Å². The molecule has 0 saturated heterocycles. The molecule has 190 valence electrons. The van der Waals surface area contributed by atoms with Gasteiger partial charge in [0.25, 0.3) is 0 Å². The van der Waals surface area contributed by atoms with E-state index in [1.807, 2.05) is 123 Å². The first kappa shape index (κ1) is 26.2. The van der Waals surface area contributed by atoms with Gasteiger partial charge in [0.05, 0.1) is 18.6 Å². The zero-order valence-electron chi connectivity index (χ0n) is 21.8. The highest BCUT2D eigenvalue weighted by Crippen LogP contribution is 2.48. The summed E-state index contributed by atoms with van der Waals surface area (Å²) in [4.78, 5) is 16.3. The Balaban J connectivity index is 1.91. The fourth-order valence-electron chi connectivity index (χ4n) is 5.01. The molecule has 2 N–H and O–H groups in total. The van der Waals surface area contributed by atoms with Gasteiger partial charge in [-0.15, -0.1) is 0 Å². The maximum absolute atomic E-state index is 14.4. The summed E-state index contributed by atoms with van der Waals surface area (Å²) in [6, 6.07) is 27.4. The molecule has 0 bridgehead atoms. The van der Waals surface area contributed by atoms with Gasteiger partial charge >= 0.3 is 0 Å². The second-order valence-corrected chi connectivity index (χ2v) is 10.1. The lowest BCUT2D eigenvalue weighted by Gasteiger charge is -2.30. The second kappa shape index (κ2) is 11.0. The van der Waals surface area contributed by atoms with E-state index >= 15 is 0 Å². The van der Waals surface area contributed by atoms with Crippen LogP contribution in [0.4, 0.5) is 5.69 Å². The molecule has 1 amide bonds. The smallest absolute Gasteiger partial charge is 0.240 e. The van der Waals surface area contributed by atoms with Crippen LogP contribution < -0.4 is 4.90 Å². The van der Waals surface area contributed by atoms with Crippen LogP contribution in [0, 0.1) is 5.41 Å². The molecule has 4 rings (SSSR count). The van der Waals surface area contributed by atoms with Crippen molar-refractivity contribution in [2.75, 3.05) is 11.5 Å². The summed E-state index contributed by atoms with van der Waals surface area (Å²) in [5, 5.41) is 20.9. The van der Waals surface area contributed by atoms with Crippen molar-refractivity contribution in [2.24, 2.45) is 5.41 Å². The topological polar surface area (TPSA) is 60.8 Å². The Labute approximate surface area is 219 Å². The van der Waals surface area contributed by atoms with Crippen LogP contribution in [0.1, 0.15) is 55.8 Å². The van der Waals surface area contributed by atoms with Crippen molar-refractivity contribution in [1.29, 1.82) is 0 Å². The van der Waals surface area contributed by atoms with Crippen LogP contribution in [0.5, 0.6) is 0 Å². The Morgan fingerprint density at radius 3 is 2.03 bits per heavy atom. The van der Waals surface area contributed by atoms with E-state index in [1.54, 1.807) is 0 Å². The number of nitrogens with zero attached hydrogens (tertiary/aromatic N) is 1. The molecule has 0 aliphatic carbocycles. The highest BCUT2D eigenvalue weighted by molar-refractivity contribution is 6.08. The number of fused-ring (bicyclic) bond motifs is 1. The molecule has 1 atom stereocenters. The summed E-state index contributed by atoms with van der Waals surface area (Å²) >= 11 is 0. The third kappa shape index (κ3) is 5.16. The Morgan fingerprint density at radius 2 is 1.51 bits per heavy atom. The van der Waals surface area contributed by atoms with Crippen molar-refractivity contribution in [3.05, 3.63) is 137 Å². The Kier molecular flexibility index (Phi) is 7.80. The fraction of sp³-hybridized carbons (Fsp3) is 0.242. The molecule has 3 aromatic rings. The summed E-state index contributed by atoms with van der Waals surface area (Å²) in [5.74, 6) is -1.00. The molecule has 1 aliphatic heterocycles. The quantitative estimate of drug-likeness (QED) is 0.244. The molecule has 0 saturated carbocycles. The number of hydrogen-bond acceptors (Lipinski definition) is 3. The molecule has 1 heterocycles. The summed E-state index contributed by atoms with van der Waals surface area (Å²) in [6.07, 6.45) is 4.62. The molecule has 4 heteroatoms. The highest BCUT2D eigenvalue weighted by atomic mass is 16.3. The largest absolute Gasteiger partial charge is 0.508 e. The molecular weight excluding hydrogens is 458 g/mol. The van der Waals surface area contributed by atoms with E-state index in [4.69, 9.17) is 0 Å². The van der Waals surface area contributed by atoms with E-state index in [9.17, 15) is 15.0 Å². The van der Waals surface area contributed by atoms with Crippen LogP contribution in [0.15, 0.2) is 121 Å². The number of carbonyl (C=O) groups excluding carboxylic acids is 1. The minimum Gasteiger partial charge on any atom is -0.508 e. The van der Waals surface area contributed by atoms with E-state index in [-0.39, 0.29) is 24.3 Å². The zero-order chi connectivity index (χ0) is 26.6. The monoisotopic (exact) mass is 493 g/mol. The van der Waals surface area contributed by atoms with Crippen molar-refractivity contribution in [1.82, 2.24) is 0 Å². The number of aliphatic hydroxyl groups excluding tert-OH is 2. The van der Waals surface area contributed by atoms with Gasteiger partial charge in [0.1, 0.15) is 5.76 Å². The molecule has 3 aromatic carbocycles. The third-order valence-electron chi connectivity index (χ3n) is 7.04. The standard InChI is InChI=1S/C33H35NO3/c1-5-14-26(33(3,4)22-35)21-28(23(2)36)30-27-19-12-13-20-29(27)34(32(30)37)31(24-15-8-6-9-16-24)25-17-10-7-11-18-25/h6-21,30-31,35-36H,2,5,22H2,1,3-4H3/b26-14+,28-21+. The zero-order valence-corrected chi connectivity index (χ0v) is 21.8. The first-order valence-corrected chi connectivity index (χ1v) is 12.7. The lowest BCUT2D eigenvalue weighted by molar-refractivity contribution is -0.119. The molecule has 0 fully saturated rings. The van der Waals surface area contributed by atoms with Crippen LogP contribution in [0.25, 0.3) is 0 Å². The van der Waals surface area contributed by atoms with Crippen LogP contribution in [0.2, 0.25) is 0 Å². The fourth-order valence-corrected chi connectivity index (χ4v) is 5.01. The highest BCUT2D eigenvalue weighted by Gasteiger charge is 2.44. The molecule has 1 unspecified atom stereocenters. The van der Waals surface area contributed by atoms with E-state index < -0.39 is 11.3 Å². The van der Waals surface area contributed by atoms with Gasteiger partial charge in [0, 0.05) is 16.7 Å². The van der Waals surface area contributed by atoms with Gasteiger partial charge in [0.15, 0.2) is 0 Å². The summed E-state index contributed by atoms with van der Waals surface area (Å²) in [5.41, 5.74) is 4.38. The number of benzene rings is 3. The van der Waals surface area contributed by atoms with Gasteiger partial charge < -0.3 is 10.2 Å². The number of carbonyl (C=O) groups is 1. The maximum atomic E-state index is 14.4. The average Bonchev–Trinajstić information content (AvgIpc) is 3.19. The van der Waals surface area contributed by atoms with Gasteiger partial charge in [-0.2, -0.15) is 0 Å². The number of para-hydroxylation sites is 1. The predicted octanol–water partition coefficient (Wildman–Crippen LogP) is 7.26. The van der Waals surface area contributed by atoms with E-state index in [0.29, 0.717) is 5.57 Å². The molecular formula is C33H35NO3. The molecule has 0 aromatic heterocycles. The van der Waals surface area contributed by atoms with Gasteiger partial charge in [-0.25, -0.2) is 0 Å². The van der Waals surface area contributed by atoms with Crippen molar-refractivity contribution in [2.45, 2.75) is 39.2 Å². The number of allylic oxidation sites excluding steroid dienone is 3. The normalized spacial score (nSPS) is 16.3. The third-order valence-corrected chi connectivity index (χ3v) is 7.04.